The molecule has 5 rings (SSSR count). The summed E-state index contributed by atoms with van der Waals surface area (Å²) in [5.74, 6) is -0.467. The van der Waals surface area contributed by atoms with Crippen LogP contribution >= 0.6 is 0 Å². The van der Waals surface area contributed by atoms with Crippen LogP contribution in [0.2, 0.25) is 0 Å². The molecule has 0 bridgehead atoms. The first-order chi connectivity index (χ1) is 17.1. The average Bonchev–Trinajstić information content (AvgIpc) is 3.49. The van der Waals surface area contributed by atoms with Gasteiger partial charge in [-0.2, -0.15) is 0 Å². The summed E-state index contributed by atoms with van der Waals surface area (Å²) >= 11 is 0. The Kier molecular flexibility index (Phi) is 6.77. The lowest BCUT2D eigenvalue weighted by molar-refractivity contribution is 0.0728. The van der Waals surface area contributed by atoms with E-state index in [4.69, 9.17) is 0 Å². The second kappa shape index (κ2) is 10.3. The molecule has 6 nitrogen and oxygen atoms in total. The molecule has 2 aliphatic heterocycles. The molecule has 2 N–H and O–H groups in total. The molecule has 0 saturated carbocycles. The van der Waals surface area contributed by atoms with E-state index in [1.807, 2.05) is 36.4 Å². The minimum absolute atomic E-state index is 0.0728. The number of nitrogens with one attached hydrogen (secondary N) is 2. The van der Waals surface area contributed by atoms with Crippen LogP contribution in [0.25, 0.3) is 0 Å². The van der Waals surface area contributed by atoms with Crippen molar-refractivity contribution in [1.29, 1.82) is 0 Å². The quantitative estimate of drug-likeness (QED) is 0.510. The topological polar surface area (TPSA) is 64.7 Å². The summed E-state index contributed by atoms with van der Waals surface area (Å²) in [5, 5.41) is 6.44. The highest BCUT2D eigenvalue weighted by atomic mass is 19.1. The number of halogens is 1. The summed E-state index contributed by atoms with van der Waals surface area (Å²) in [7, 11) is 0. The smallest absolute Gasteiger partial charge is 0.256 e. The van der Waals surface area contributed by atoms with Crippen molar-refractivity contribution < 1.29 is 14.0 Å². The summed E-state index contributed by atoms with van der Waals surface area (Å²) in [6.45, 7) is 4.09. The van der Waals surface area contributed by atoms with Crippen molar-refractivity contribution in [1.82, 2.24) is 15.1 Å². The highest BCUT2D eigenvalue weighted by Crippen LogP contribution is 2.35. The summed E-state index contributed by atoms with van der Waals surface area (Å²) in [4.78, 5) is 29.8. The van der Waals surface area contributed by atoms with Gasteiger partial charge in [0.25, 0.3) is 11.8 Å². The van der Waals surface area contributed by atoms with Crippen LogP contribution in [-0.4, -0.2) is 47.8 Å². The van der Waals surface area contributed by atoms with E-state index in [-0.39, 0.29) is 23.8 Å². The normalized spacial score (nSPS) is 17.5. The van der Waals surface area contributed by atoms with Gasteiger partial charge in [-0.1, -0.05) is 30.3 Å². The van der Waals surface area contributed by atoms with E-state index in [9.17, 15) is 14.0 Å². The molecule has 7 heteroatoms. The number of carbonyl (C=O) groups is 2. The Morgan fingerprint density at radius 2 is 1.66 bits per heavy atom. The van der Waals surface area contributed by atoms with Crippen LogP contribution in [0.15, 0.2) is 72.8 Å². The van der Waals surface area contributed by atoms with Crippen molar-refractivity contribution in [3.63, 3.8) is 0 Å². The molecule has 2 amide bonds. The fourth-order valence-corrected chi connectivity index (χ4v) is 4.79. The van der Waals surface area contributed by atoms with Gasteiger partial charge in [0.15, 0.2) is 0 Å². The molecular weight excluding hydrogens is 443 g/mol. The lowest BCUT2D eigenvalue weighted by Crippen LogP contribution is -2.33. The van der Waals surface area contributed by atoms with Crippen LogP contribution in [0, 0.1) is 5.82 Å². The van der Waals surface area contributed by atoms with Crippen LogP contribution in [0.1, 0.15) is 50.9 Å². The Hall–Kier alpha value is -3.71. The average molecular weight is 473 g/mol. The third-order valence-electron chi connectivity index (χ3n) is 6.69. The summed E-state index contributed by atoms with van der Waals surface area (Å²) in [6, 6.07) is 21.0. The molecule has 2 heterocycles. The number of nitrogens with zero attached hydrogens (tertiary/aromatic N) is 2. The molecule has 0 radical (unpaired) electrons. The first-order valence-corrected chi connectivity index (χ1v) is 12.1. The zero-order valence-corrected chi connectivity index (χ0v) is 19.5. The molecule has 1 saturated heterocycles. The highest BCUT2D eigenvalue weighted by Gasteiger charge is 2.36. The van der Waals surface area contributed by atoms with Gasteiger partial charge in [-0.25, -0.2) is 4.39 Å². The summed E-state index contributed by atoms with van der Waals surface area (Å²) < 4.78 is 13.4. The van der Waals surface area contributed by atoms with Gasteiger partial charge < -0.3 is 20.4 Å². The van der Waals surface area contributed by atoms with E-state index in [0.717, 1.165) is 36.4 Å². The van der Waals surface area contributed by atoms with Crippen molar-refractivity contribution in [3.05, 3.63) is 101 Å². The number of likely N-dealkylation sites (tertiary alicyclic amines) is 1. The van der Waals surface area contributed by atoms with Crippen molar-refractivity contribution in [2.75, 3.05) is 31.5 Å². The lowest BCUT2D eigenvalue weighted by atomic mass is 10.1. The zero-order valence-electron chi connectivity index (χ0n) is 19.5. The van der Waals surface area contributed by atoms with Gasteiger partial charge in [0.05, 0.1) is 0 Å². The highest BCUT2D eigenvalue weighted by molar-refractivity contribution is 5.99. The van der Waals surface area contributed by atoms with Gasteiger partial charge in [-0.15, -0.1) is 0 Å². The molecular formula is C28H29FN4O2. The van der Waals surface area contributed by atoms with Crippen molar-refractivity contribution >= 4 is 17.5 Å². The Morgan fingerprint density at radius 3 is 2.40 bits per heavy atom. The standard InChI is InChI=1S/C28H29FN4O2/c29-22-11-7-20(8-12-22)19-33-26(24-5-1-2-6-25(24)28(33)35)31-23-13-9-21(10-14-23)27(34)30-15-18-32-16-3-4-17-32/h1-2,5-14,26,31H,3-4,15-19H2,(H,30,34). The SMILES string of the molecule is O=C(NCCN1CCCC1)c1ccc(NC2c3ccccc3C(=O)N2Cc2ccc(F)cc2)cc1. The number of rotatable bonds is 8. The van der Waals surface area contributed by atoms with Crippen molar-refractivity contribution in [3.8, 4) is 0 Å². The van der Waals surface area contributed by atoms with Crippen molar-refractivity contribution in [2.24, 2.45) is 0 Å². The van der Waals surface area contributed by atoms with E-state index >= 15 is 0 Å². The Bertz CT molecular complexity index is 1190. The molecule has 0 spiro atoms. The first kappa shape index (κ1) is 23.1. The van der Waals surface area contributed by atoms with Gasteiger partial charge in [0.1, 0.15) is 12.0 Å². The van der Waals surface area contributed by atoms with E-state index in [1.54, 1.807) is 29.2 Å². The predicted octanol–water partition coefficient (Wildman–Crippen LogP) is 4.42. The number of benzene rings is 3. The summed E-state index contributed by atoms with van der Waals surface area (Å²) in [6.07, 6.45) is 2.10. The molecule has 1 atom stereocenters. The van der Waals surface area contributed by atoms with Crippen LogP contribution in [0.5, 0.6) is 0 Å². The maximum Gasteiger partial charge on any atom is 0.256 e. The minimum Gasteiger partial charge on any atom is -0.361 e. The molecule has 2 aliphatic rings. The molecule has 0 aliphatic carbocycles. The number of fused-ring (bicyclic) bond motifs is 1. The zero-order chi connectivity index (χ0) is 24.2. The molecule has 1 unspecified atom stereocenters. The lowest BCUT2D eigenvalue weighted by Gasteiger charge is -2.27. The van der Waals surface area contributed by atoms with Gasteiger partial charge >= 0.3 is 0 Å². The molecule has 1 fully saturated rings. The van der Waals surface area contributed by atoms with E-state index < -0.39 is 0 Å². The van der Waals surface area contributed by atoms with Crippen LogP contribution in [0.3, 0.4) is 0 Å². The monoisotopic (exact) mass is 472 g/mol. The third-order valence-corrected chi connectivity index (χ3v) is 6.69. The van der Waals surface area contributed by atoms with E-state index in [1.165, 1.54) is 25.0 Å². The number of hydrogen-bond donors (Lipinski definition) is 2. The van der Waals surface area contributed by atoms with Gasteiger partial charge in [0.2, 0.25) is 0 Å². The number of hydrogen-bond acceptors (Lipinski definition) is 4. The maximum absolute atomic E-state index is 13.4. The first-order valence-electron chi connectivity index (χ1n) is 12.1. The number of carbonyl (C=O) groups excluding carboxylic acids is 2. The Morgan fingerprint density at radius 1 is 0.943 bits per heavy atom. The Balaban J connectivity index is 1.27. The fourth-order valence-electron chi connectivity index (χ4n) is 4.79. The summed E-state index contributed by atoms with van der Waals surface area (Å²) in [5.41, 5.74) is 3.80. The van der Waals surface area contributed by atoms with Crippen LogP contribution < -0.4 is 10.6 Å². The van der Waals surface area contributed by atoms with Crippen LogP contribution in [0.4, 0.5) is 10.1 Å². The molecule has 0 aromatic heterocycles. The van der Waals surface area contributed by atoms with E-state index in [2.05, 4.69) is 15.5 Å². The van der Waals surface area contributed by atoms with E-state index in [0.29, 0.717) is 24.2 Å². The molecule has 35 heavy (non-hydrogen) atoms. The largest absolute Gasteiger partial charge is 0.361 e. The number of anilines is 1. The van der Waals surface area contributed by atoms with Crippen LogP contribution in [-0.2, 0) is 6.54 Å². The minimum atomic E-state index is -0.371. The van der Waals surface area contributed by atoms with Crippen molar-refractivity contribution in [2.45, 2.75) is 25.6 Å². The molecule has 3 aromatic rings. The molecule has 180 valence electrons. The Labute approximate surface area is 204 Å². The van der Waals surface area contributed by atoms with Gasteiger partial charge in [0, 0.05) is 42.0 Å². The third kappa shape index (κ3) is 5.20. The second-order valence-corrected chi connectivity index (χ2v) is 9.08. The van der Waals surface area contributed by atoms with Gasteiger partial charge in [-0.3, -0.25) is 9.59 Å². The fraction of sp³-hybridized carbons (Fsp3) is 0.286. The maximum atomic E-state index is 13.4. The van der Waals surface area contributed by atoms with Gasteiger partial charge in [-0.05, 0) is 74.0 Å². The second-order valence-electron chi connectivity index (χ2n) is 9.08. The molecule has 3 aromatic carbocycles. The predicted molar refractivity (Wildman–Crippen MR) is 134 cm³/mol. The number of amides is 2.